The van der Waals surface area contributed by atoms with E-state index >= 15 is 0 Å². The third kappa shape index (κ3) is 3.18. The van der Waals surface area contributed by atoms with Crippen molar-refractivity contribution in [1.82, 2.24) is 5.32 Å². The van der Waals surface area contributed by atoms with Crippen LogP contribution < -0.4 is 11.1 Å². The van der Waals surface area contributed by atoms with Gasteiger partial charge in [-0.2, -0.15) is 0 Å². The molecule has 1 fully saturated rings. The zero-order valence-corrected chi connectivity index (χ0v) is 6.92. The molecule has 4 N–H and O–H groups in total. The quantitative estimate of drug-likeness (QED) is 0.535. The fraction of sp³-hybridized carbons (Fsp3) is 1.00. The summed E-state index contributed by atoms with van der Waals surface area (Å²) in [6, 6.07) is 0.599. The van der Waals surface area contributed by atoms with E-state index in [9.17, 15) is 5.11 Å². The second-order valence-electron chi connectivity index (χ2n) is 3.25. The highest BCUT2D eigenvalue weighted by Gasteiger charge is 2.17. The van der Waals surface area contributed by atoms with E-state index in [1.807, 2.05) is 0 Å². The van der Waals surface area contributed by atoms with E-state index in [0.29, 0.717) is 12.6 Å². The van der Waals surface area contributed by atoms with E-state index in [2.05, 4.69) is 5.32 Å². The van der Waals surface area contributed by atoms with Crippen LogP contribution in [0.2, 0.25) is 0 Å². The van der Waals surface area contributed by atoms with Crippen molar-refractivity contribution in [3.63, 3.8) is 0 Å². The molecule has 0 spiro atoms. The molecule has 0 unspecified atom stereocenters. The highest BCUT2D eigenvalue weighted by molar-refractivity contribution is 4.76. The minimum Gasteiger partial charge on any atom is -0.393 e. The standard InChI is InChI=1S/C8H18N2O/c9-5-6-10-7-1-3-8(11)4-2-7/h7-8,10-11H,1-6,9H2. The minimum absolute atomic E-state index is 0.0501. The Kier molecular flexibility index (Phi) is 3.83. The first kappa shape index (κ1) is 8.97. The Morgan fingerprint density at radius 3 is 2.45 bits per heavy atom. The molecule has 0 aromatic carbocycles. The first-order valence-electron chi connectivity index (χ1n) is 4.44. The van der Waals surface area contributed by atoms with Crippen LogP contribution in [-0.4, -0.2) is 30.3 Å². The molecule has 1 saturated carbocycles. The largest absolute Gasteiger partial charge is 0.393 e. The van der Waals surface area contributed by atoms with Gasteiger partial charge in [-0.25, -0.2) is 0 Å². The first-order valence-corrected chi connectivity index (χ1v) is 4.44. The summed E-state index contributed by atoms with van der Waals surface area (Å²) in [5.74, 6) is 0. The summed E-state index contributed by atoms with van der Waals surface area (Å²) in [5, 5.41) is 12.6. The lowest BCUT2D eigenvalue weighted by Gasteiger charge is -2.25. The van der Waals surface area contributed by atoms with Gasteiger partial charge in [-0.3, -0.25) is 0 Å². The van der Waals surface area contributed by atoms with Crippen molar-refractivity contribution in [3.05, 3.63) is 0 Å². The molecule has 11 heavy (non-hydrogen) atoms. The predicted molar refractivity (Wildman–Crippen MR) is 45.3 cm³/mol. The molecular weight excluding hydrogens is 140 g/mol. The van der Waals surface area contributed by atoms with Crippen LogP contribution >= 0.6 is 0 Å². The van der Waals surface area contributed by atoms with Gasteiger partial charge in [0.15, 0.2) is 0 Å². The van der Waals surface area contributed by atoms with Gasteiger partial charge in [0.2, 0.25) is 0 Å². The van der Waals surface area contributed by atoms with Crippen molar-refractivity contribution >= 4 is 0 Å². The van der Waals surface area contributed by atoms with E-state index in [-0.39, 0.29) is 6.10 Å². The predicted octanol–water partition coefficient (Wildman–Crippen LogP) is -0.162. The number of aliphatic hydroxyl groups excluding tert-OH is 1. The zero-order chi connectivity index (χ0) is 8.10. The van der Waals surface area contributed by atoms with Crippen molar-refractivity contribution < 1.29 is 5.11 Å². The molecule has 0 aromatic rings. The summed E-state index contributed by atoms with van der Waals surface area (Å²) >= 11 is 0. The molecule has 0 amide bonds. The van der Waals surface area contributed by atoms with E-state index in [4.69, 9.17) is 5.73 Å². The third-order valence-electron chi connectivity index (χ3n) is 2.27. The van der Waals surface area contributed by atoms with E-state index in [1.165, 1.54) is 0 Å². The molecule has 0 heterocycles. The molecule has 0 atom stereocenters. The van der Waals surface area contributed by atoms with Crippen LogP contribution in [0.4, 0.5) is 0 Å². The van der Waals surface area contributed by atoms with Gasteiger partial charge in [0.05, 0.1) is 6.10 Å². The Morgan fingerprint density at radius 1 is 1.27 bits per heavy atom. The van der Waals surface area contributed by atoms with Gasteiger partial charge in [-0.1, -0.05) is 0 Å². The van der Waals surface area contributed by atoms with Crippen LogP contribution in [0.5, 0.6) is 0 Å². The number of aliphatic hydroxyl groups is 1. The molecule has 0 aliphatic heterocycles. The van der Waals surface area contributed by atoms with Crippen molar-refractivity contribution in [2.24, 2.45) is 5.73 Å². The Labute approximate surface area is 68.0 Å². The van der Waals surface area contributed by atoms with Crippen LogP contribution in [0.25, 0.3) is 0 Å². The summed E-state index contributed by atoms with van der Waals surface area (Å²) < 4.78 is 0. The second kappa shape index (κ2) is 4.70. The number of nitrogens with one attached hydrogen (secondary N) is 1. The van der Waals surface area contributed by atoms with Gasteiger partial charge in [0.25, 0.3) is 0 Å². The lowest BCUT2D eigenvalue weighted by atomic mass is 9.93. The molecular formula is C8H18N2O. The summed E-state index contributed by atoms with van der Waals surface area (Å²) in [5.41, 5.74) is 5.36. The molecule has 1 aliphatic carbocycles. The monoisotopic (exact) mass is 158 g/mol. The van der Waals surface area contributed by atoms with E-state index < -0.39 is 0 Å². The molecule has 1 rings (SSSR count). The minimum atomic E-state index is -0.0501. The zero-order valence-electron chi connectivity index (χ0n) is 6.92. The van der Waals surface area contributed by atoms with Crippen LogP contribution in [0.15, 0.2) is 0 Å². The molecule has 3 nitrogen and oxygen atoms in total. The van der Waals surface area contributed by atoms with Crippen LogP contribution in [-0.2, 0) is 0 Å². The van der Waals surface area contributed by atoms with Crippen LogP contribution in [0, 0.1) is 0 Å². The fourth-order valence-corrected chi connectivity index (χ4v) is 1.57. The molecule has 0 saturated heterocycles. The number of hydrogen-bond donors (Lipinski definition) is 3. The van der Waals surface area contributed by atoms with Gasteiger partial charge in [0, 0.05) is 19.1 Å². The molecule has 0 aromatic heterocycles. The average molecular weight is 158 g/mol. The maximum absolute atomic E-state index is 9.20. The second-order valence-corrected chi connectivity index (χ2v) is 3.25. The smallest absolute Gasteiger partial charge is 0.0541 e. The lowest BCUT2D eigenvalue weighted by Crippen LogP contribution is -2.37. The highest BCUT2D eigenvalue weighted by Crippen LogP contribution is 2.17. The van der Waals surface area contributed by atoms with Crippen molar-refractivity contribution in [2.75, 3.05) is 13.1 Å². The Balaban J connectivity index is 2.07. The average Bonchev–Trinajstić information content (AvgIpc) is 2.04. The van der Waals surface area contributed by atoms with Gasteiger partial charge in [-0.05, 0) is 25.7 Å². The topological polar surface area (TPSA) is 58.3 Å². The van der Waals surface area contributed by atoms with Gasteiger partial charge in [-0.15, -0.1) is 0 Å². The summed E-state index contributed by atoms with van der Waals surface area (Å²) in [6.07, 6.45) is 4.04. The Morgan fingerprint density at radius 2 is 1.91 bits per heavy atom. The number of nitrogens with two attached hydrogens (primary N) is 1. The molecule has 3 heteroatoms. The lowest BCUT2D eigenvalue weighted by molar-refractivity contribution is 0.117. The number of hydrogen-bond acceptors (Lipinski definition) is 3. The Bertz CT molecular complexity index is 97.5. The van der Waals surface area contributed by atoms with E-state index in [0.717, 1.165) is 32.2 Å². The fourth-order valence-electron chi connectivity index (χ4n) is 1.57. The molecule has 0 bridgehead atoms. The molecule has 0 radical (unpaired) electrons. The van der Waals surface area contributed by atoms with Crippen molar-refractivity contribution in [2.45, 2.75) is 37.8 Å². The van der Waals surface area contributed by atoms with Gasteiger partial charge >= 0.3 is 0 Å². The summed E-state index contributed by atoms with van der Waals surface area (Å²) in [4.78, 5) is 0. The van der Waals surface area contributed by atoms with Crippen molar-refractivity contribution in [3.8, 4) is 0 Å². The summed E-state index contributed by atoms with van der Waals surface area (Å²) in [6.45, 7) is 1.61. The van der Waals surface area contributed by atoms with Crippen LogP contribution in [0.1, 0.15) is 25.7 Å². The normalized spacial score (nSPS) is 32.2. The summed E-state index contributed by atoms with van der Waals surface area (Å²) in [7, 11) is 0. The van der Waals surface area contributed by atoms with Crippen LogP contribution in [0.3, 0.4) is 0 Å². The number of rotatable bonds is 3. The third-order valence-corrected chi connectivity index (χ3v) is 2.27. The molecule has 66 valence electrons. The Hall–Kier alpha value is -0.120. The maximum Gasteiger partial charge on any atom is 0.0541 e. The van der Waals surface area contributed by atoms with Crippen molar-refractivity contribution in [1.29, 1.82) is 0 Å². The SMILES string of the molecule is NCCNC1CCC(O)CC1. The van der Waals surface area contributed by atoms with Gasteiger partial charge < -0.3 is 16.2 Å². The van der Waals surface area contributed by atoms with E-state index in [1.54, 1.807) is 0 Å². The maximum atomic E-state index is 9.20. The van der Waals surface area contributed by atoms with Gasteiger partial charge in [0.1, 0.15) is 0 Å². The molecule has 1 aliphatic rings. The first-order chi connectivity index (χ1) is 5.33. The highest BCUT2D eigenvalue weighted by atomic mass is 16.3.